The summed E-state index contributed by atoms with van der Waals surface area (Å²) in [5.74, 6) is 0.345. The van der Waals surface area contributed by atoms with E-state index in [-0.39, 0.29) is 0 Å². The van der Waals surface area contributed by atoms with Crippen LogP contribution in [0.2, 0.25) is 0 Å². The Bertz CT molecular complexity index is 517. The fourth-order valence-electron chi connectivity index (χ4n) is 2.13. The van der Waals surface area contributed by atoms with E-state index in [1.54, 1.807) is 17.4 Å². The molecule has 0 atom stereocenters. The minimum atomic E-state index is 0.345. The first-order chi connectivity index (χ1) is 8.31. The van der Waals surface area contributed by atoms with Crippen molar-refractivity contribution in [1.82, 2.24) is 4.90 Å². The van der Waals surface area contributed by atoms with Crippen molar-refractivity contribution in [3.05, 3.63) is 29.1 Å². The van der Waals surface area contributed by atoms with Gasteiger partial charge in [0, 0.05) is 29.2 Å². The number of hydrogen-bond acceptors (Lipinski definition) is 4. The summed E-state index contributed by atoms with van der Waals surface area (Å²) in [6, 6.07) is 7.77. The van der Waals surface area contributed by atoms with Crippen molar-refractivity contribution in [3.8, 4) is 5.75 Å². The van der Waals surface area contributed by atoms with Crippen LogP contribution in [0.4, 0.5) is 0 Å². The van der Waals surface area contributed by atoms with Crippen LogP contribution in [0.25, 0.3) is 10.1 Å². The third-order valence-corrected chi connectivity index (χ3v) is 4.12. The molecule has 1 aromatic heterocycles. The highest BCUT2D eigenvalue weighted by molar-refractivity contribution is 7.19. The highest BCUT2D eigenvalue weighted by Gasteiger charge is 2.12. The first kappa shape index (κ1) is 11.0. The number of hydrogen-bond donors (Lipinski definition) is 1. The lowest BCUT2D eigenvalue weighted by atomic mass is 10.2. The van der Waals surface area contributed by atoms with E-state index in [1.807, 2.05) is 12.1 Å². The predicted octanol–water partition coefficient (Wildman–Crippen LogP) is 2.44. The molecule has 90 valence electrons. The summed E-state index contributed by atoms with van der Waals surface area (Å²) in [4.78, 5) is 3.76. The van der Waals surface area contributed by atoms with Crippen molar-refractivity contribution < 1.29 is 9.84 Å². The molecule has 17 heavy (non-hydrogen) atoms. The lowest BCUT2D eigenvalue weighted by Gasteiger charge is -2.25. The van der Waals surface area contributed by atoms with E-state index >= 15 is 0 Å². The molecular weight excluding hydrogens is 234 g/mol. The van der Waals surface area contributed by atoms with Gasteiger partial charge in [-0.25, -0.2) is 0 Å². The minimum Gasteiger partial charge on any atom is -0.508 e. The van der Waals surface area contributed by atoms with Crippen molar-refractivity contribution in [1.29, 1.82) is 0 Å². The average molecular weight is 249 g/mol. The monoisotopic (exact) mass is 249 g/mol. The van der Waals surface area contributed by atoms with E-state index < -0.39 is 0 Å². The molecule has 1 saturated heterocycles. The van der Waals surface area contributed by atoms with Crippen LogP contribution >= 0.6 is 11.3 Å². The summed E-state index contributed by atoms with van der Waals surface area (Å²) in [7, 11) is 0. The Morgan fingerprint density at radius 2 is 2.06 bits per heavy atom. The average Bonchev–Trinajstić information content (AvgIpc) is 2.71. The summed E-state index contributed by atoms with van der Waals surface area (Å²) >= 11 is 1.76. The molecule has 1 fully saturated rings. The summed E-state index contributed by atoms with van der Waals surface area (Å²) in [6.07, 6.45) is 0. The molecule has 3 rings (SSSR count). The zero-order chi connectivity index (χ0) is 11.7. The molecule has 1 aromatic carbocycles. The molecule has 1 aliphatic rings. The third-order valence-electron chi connectivity index (χ3n) is 3.04. The van der Waals surface area contributed by atoms with Gasteiger partial charge in [0.25, 0.3) is 0 Å². The second-order valence-corrected chi connectivity index (χ2v) is 5.49. The molecule has 2 heterocycles. The van der Waals surface area contributed by atoms with E-state index in [4.69, 9.17) is 4.74 Å². The normalized spacial score (nSPS) is 17.6. The standard InChI is InChI=1S/C13H15NO2S/c15-11-2-1-10-7-12(17-13(10)8-11)9-14-3-5-16-6-4-14/h1-2,7-8,15H,3-6,9H2. The first-order valence-corrected chi connectivity index (χ1v) is 6.64. The Balaban J connectivity index is 1.80. The predicted molar refractivity (Wildman–Crippen MR) is 69.6 cm³/mol. The van der Waals surface area contributed by atoms with Gasteiger partial charge in [0.15, 0.2) is 0 Å². The molecule has 3 nitrogen and oxygen atoms in total. The number of nitrogens with zero attached hydrogens (tertiary/aromatic N) is 1. The highest BCUT2D eigenvalue weighted by atomic mass is 32.1. The molecule has 0 radical (unpaired) electrons. The highest BCUT2D eigenvalue weighted by Crippen LogP contribution is 2.29. The Hall–Kier alpha value is -1.10. The maximum atomic E-state index is 9.44. The summed E-state index contributed by atoms with van der Waals surface area (Å²) in [6.45, 7) is 4.69. The molecule has 0 amide bonds. The van der Waals surface area contributed by atoms with Crippen LogP contribution < -0.4 is 0 Å². The van der Waals surface area contributed by atoms with Crippen molar-refractivity contribution in [2.75, 3.05) is 26.3 Å². The van der Waals surface area contributed by atoms with Crippen LogP contribution in [-0.4, -0.2) is 36.3 Å². The van der Waals surface area contributed by atoms with Crippen LogP contribution in [-0.2, 0) is 11.3 Å². The molecule has 0 aliphatic carbocycles. The molecule has 1 aliphatic heterocycles. The largest absolute Gasteiger partial charge is 0.508 e. The number of thiophene rings is 1. The van der Waals surface area contributed by atoms with E-state index in [0.717, 1.165) is 37.5 Å². The van der Waals surface area contributed by atoms with Crippen LogP contribution in [0, 0.1) is 0 Å². The zero-order valence-corrected chi connectivity index (χ0v) is 10.4. The SMILES string of the molecule is Oc1ccc2cc(CN3CCOCC3)sc2c1. The van der Waals surface area contributed by atoms with Gasteiger partial charge >= 0.3 is 0 Å². The maximum absolute atomic E-state index is 9.44. The number of fused-ring (bicyclic) bond motifs is 1. The Morgan fingerprint density at radius 1 is 1.24 bits per heavy atom. The maximum Gasteiger partial charge on any atom is 0.117 e. The van der Waals surface area contributed by atoms with E-state index in [9.17, 15) is 5.11 Å². The molecule has 0 bridgehead atoms. The van der Waals surface area contributed by atoms with Gasteiger partial charge in [0.1, 0.15) is 5.75 Å². The smallest absolute Gasteiger partial charge is 0.117 e. The van der Waals surface area contributed by atoms with E-state index in [0.29, 0.717) is 5.75 Å². The van der Waals surface area contributed by atoms with Gasteiger partial charge in [0.05, 0.1) is 13.2 Å². The lowest BCUT2D eigenvalue weighted by Crippen LogP contribution is -2.35. The number of rotatable bonds is 2. The van der Waals surface area contributed by atoms with E-state index in [2.05, 4.69) is 11.0 Å². The Morgan fingerprint density at radius 3 is 2.88 bits per heavy atom. The number of phenols is 1. The van der Waals surface area contributed by atoms with Crippen molar-refractivity contribution in [2.24, 2.45) is 0 Å². The van der Waals surface area contributed by atoms with Gasteiger partial charge in [-0.15, -0.1) is 11.3 Å². The fourth-order valence-corrected chi connectivity index (χ4v) is 3.27. The van der Waals surface area contributed by atoms with Crippen molar-refractivity contribution in [2.45, 2.75) is 6.54 Å². The second-order valence-electron chi connectivity index (χ2n) is 4.32. The molecule has 2 aromatic rings. The topological polar surface area (TPSA) is 32.7 Å². The van der Waals surface area contributed by atoms with Gasteiger partial charge in [-0.3, -0.25) is 4.90 Å². The number of morpholine rings is 1. The molecular formula is C13H15NO2S. The number of aromatic hydroxyl groups is 1. The number of phenolic OH excluding ortho intramolecular Hbond substituents is 1. The Kier molecular flexibility index (Phi) is 3.01. The second kappa shape index (κ2) is 4.64. The van der Waals surface area contributed by atoms with Gasteiger partial charge < -0.3 is 9.84 Å². The van der Waals surface area contributed by atoms with Crippen LogP contribution in [0.5, 0.6) is 5.75 Å². The zero-order valence-electron chi connectivity index (χ0n) is 9.56. The van der Waals surface area contributed by atoms with Gasteiger partial charge in [-0.1, -0.05) is 0 Å². The molecule has 0 unspecified atom stereocenters. The molecule has 0 saturated carbocycles. The third kappa shape index (κ3) is 2.44. The van der Waals surface area contributed by atoms with E-state index in [1.165, 1.54) is 10.3 Å². The molecule has 4 heteroatoms. The first-order valence-electron chi connectivity index (χ1n) is 5.83. The number of benzene rings is 1. The lowest BCUT2D eigenvalue weighted by molar-refractivity contribution is 0.0346. The van der Waals surface area contributed by atoms with Crippen LogP contribution in [0.3, 0.4) is 0 Å². The van der Waals surface area contributed by atoms with Crippen molar-refractivity contribution in [3.63, 3.8) is 0 Å². The van der Waals surface area contributed by atoms with Gasteiger partial charge in [0.2, 0.25) is 0 Å². The molecule has 0 spiro atoms. The van der Waals surface area contributed by atoms with Crippen LogP contribution in [0.1, 0.15) is 4.88 Å². The molecule has 1 N–H and O–H groups in total. The Labute approximate surface area is 104 Å². The van der Waals surface area contributed by atoms with Crippen molar-refractivity contribution >= 4 is 21.4 Å². The van der Waals surface area contributed by atoms with Crippen LogP contribution in [0.15, 0.2) is 24.3 Å². The number of ether oxygens (including phenoxy) is 1. The van der Waals surface area contributed by atoms with Gasteiger partial charge in [-0.05, 0) is 29.7 Å². The van der Waals surface area contributed by atoms with Gasteiger partial charge in [-0.2, -0.15) is 0 Å². The summed E-state index contributed by atoms with van der Waals surface area (Å²) < 4.78 is 6.50. The quantitative estimate of drug-likeness (QED) is 0.887. The fraction of sp³-hybridized carbons (Fsp3) is 0.385. The minimum absolute atomic E-state index is 0.345. The summed E-state index contributed by atoms with van der Waals surface area (Å²) in [5, 5.41) is 10.7. The summed E-state index contributed by atoms with van der Waals surface area (Å²) in [5.41, 5.74) is 0.